The maximum Gasteiger partial charge on any atom is 0.223 e. The highest BCUT2D eigenvalue weighted by Crippen LogP contribution is 2.49. The topological polar surface area (TPSA) is 107 Å². The lowest BCUT2D eigenvalue weighted by molar-refractivity contribution is -0.118. The number of Topliss-reactive ketones (excluding diaryl/α,β-unsaturated/α-hetero) is 1. The first kappa shape index (κ1) is 16.5. The summed E-state index contributed by atoms with van der Waals surface area (Å²) in [5.74, 6) is 0.0740. The van der Waals surface area contributed by atoms with E-state index in [0.29, 0.717) is 29.8 Å². The Morgan fingerprint density at radius 3 is 2.54 bits per heavy atom. The van der Waals surface area contributed by atoms with Crippen molar-refractivity contribution in [3.8, 4) is 0 Å². The second-order valence-electron chi connectivity index (χ2n) is 7.67. The van der Waals surface area contributed by atoms with Crippen molar-refractivity contribution < 1.29 is 9.18 Å². The lowest BCUT2D eigenvalue weighted by atomic mass is 9.69. The number of nitrogens with two attached hydrogens (primary N) is 2. The zero-order chi connectivity index (χ0) is 18.6. The van der Waals surface area contributed by atoms with Crippen LogP contribution in [0.4, 0.5) is 22.0 Å². The van der Waals surface area contributed by atoms with Crippen molar-refractivity contribution in [2.24, 2.45) is 5.41 Å². The molecule has 4 rings (SSSR count). The van der Waals surface area contributed by atoms with Gasteiger partial charge < -0.3 is 16.8 Å². The van der Waals surface area contributed by atoms with Crippen LogP contribution in [0.2, 0.25) is 0 Å². The fourth-order valence-corrected chi connectivity index (χ4v) is 3.94. The Labute approximate surface area is 150 Å². The second kappa shape index (κ2) is 5.52. The Kier molecular flexibility index (Phi) is 3.50. The minimum Gasteiger partial charge on any atom is -0.383 e. The molecule has 1 aromatic carbocycles. The summed E-state index contributed by atoms with van der Waals surface area (Å²) in [7, 11) is 0. The Morgan fingerprint density at radius 1 is 1.15 bits per heavy atom. The third kappa shape index (κ3) is 2.60. The van der Waals surface area contributed by atoms with Gasteiger partial charge in [0.25, 0.3) is 0 Å². The van der Waals surface area contributed by atoms with Crippen LogP contribution in [0.25, 0.3) is 0 Å². The van der Waals surface area contributed by atoms with Crippen molar-refractivity contribution in [2.75, 3.05) is 16.8 Å². The van der Waals surface area contributed by atoms with Crippen LogP contribution in [0.5, 0.6) is 0 Å². The van der Waals surface area contributed by atoms with Gasteiger partial charge in [-0.2, -0.15) is 9.97 Å². The molecule has 0 spiro atoms. The Morgan fingerprint density at radius 2 is 1.85 bits per heavy atom. The highest BCUT2D eigenvalue weighted by atomic mass is 19.1. The maximum absolute atomic E-state index is 13.4. The summed E-state index contributed by atoms with van der Waals surface area (Å²) < 4.78 is 13.4. The molecule has 0 fully saturated rings. The normalized spacial score (nSPS) is 21.0. The lowest BCUT2D eigenvalue weighted by Gasteiger charge is -2.39. The number of fused-ring (bicyclic) bond motifs is 1. The number of aromatic nitrogens is 2. The molecule has 0 radical (unpaired) electrons. The molecule has 1 aliphatic heterocycles. The molecule has 1 aromatic heterocycles. The molecule has 0 saturated carbocycles. The van der Waals surface area contributed by atoms with Gasteiger partial charge in [-0.25, -0.2) is 4.39 Å². The molecule has 1 atom stereocenters. The van der Waals surface area contributed by atoms with Gasteiger partial charge >= 0.3 is 0 Å². The fourth-order valence-electron chi connectivity index (χ4n) is 3.94. The molecular formula is C19H20FN5O. The fraction of sp³-hybridized carbons (Fsp3) is 0.316. The van der Waals surface area contributed by atoms with E-state index in [9.17, 15) is 9.18 Å². The molecule has 2 aromatic rings. The number of allylic oxidation sites excluding steroid dienone is 2. The van der Waals surface area contributed by atoms with Crippen LogP contribution in [0, 0.1) is 11.2 Å². The number of nitrogens with one attached hydrogen (secondary N) is 1. The Hall–Kier alpha value is -2.96. The number of hydrogen-bond acceptors (Lipinski definition) is 6. The van der Waals surface area contributed by atoms with Gasteiger partial charge in [0.1, 0.15) is 17.5 Å². The SMILES string of the molecule is CC1(C)CC(=O)C2=C(C1)Nc1nc(N)nc(N)c1C2c1ccc(F)cc1. The van der Waals surface area contributed by atoms with Gasteiger partial charge in [-0.05, 0) is 29.5 Å². The molecule has 2 aliphatic rings. The Bertz CT molecular complexity index is 949. The number of carbonyl (C=O) groups is 1. The van der Waals surface area contributed by atoms with Crippen LogP contribution in [0.15, 0.2) is 35.5 Å². The Balaban J connectivity index is 1.97. The van der Waals surface area contributed by atoms with Gasteiger partial charge in [0.05, 0.1) is 0 Å². The van der Waals surface area contributed by atoms with E-state index in [4.69, 9.17) is 11.5 Å². The van der Waals surface area contributed by atoms with E-state index in [2.05, 4.69) is 29.1 Å². The van der Waals surface area contributed by atoms with E-state index in [1.54, 1.807) is 12.1 Å². The van der Waals surface area contributed by atoms with E-state index in [1.165, 1.54) is 12.1 Å². The molecule has 0 bridgehead atoms. The molecular weight excluding hydrogens is 333 g/mol. The van der Waals surface area contributed by atoms with Crippen LogP contribution in [0.1, 0.15) is 43.7 Å². The monoisotopic (exact) mass is 353 g/mol. The third-order valence-corrected chi connectivity index (χ3v) is 4.96. The molecule has 26 heavy (non-hydrogen) atoms. The molecule has 7 heteroatoms. The van der Waals surface area contributed by atoms with Crippen molar-refractivity contribution in [3.63, 3.8) is 0 Å². The van der Waals surface area contributed by atoms with Crippen molar-refractivity contribution in [2.45, 2.75) is 32.6 Å². The van der Waals surface area contributed by atoms with E-state index >= 15 is 0 Å². The number of nitrogen functional groups attached to an aromatic ring is 2. The number of benzene rings is 1. The van der Waals surface area contributed by atoms with Crippen molar-refractivity contribution in [3.05, 3.63) is 52.5 Å². The minimum atomic E-state index is -0.439. The number of carbonyl (C=O) groups excluding carboxylic acids is 1. The average Bonchev–Trinajstić information content (AvgIpc) is 2.52. The number of hydrogen-bond donors (Lipinski definition) is 3. The summed E-state index contributed by atoms with van der Waals surface area (Å²) in [5, 5.41) is 3.25. The molecule has 5 N–H and O–H groups in total. The van der Waals surface area contributed by atoms with Gasteiger partial charge in [-0.3, -0.25) is 4.79 Å². The number of anilines is 3. The van der Waals surface area contributed by atoms with E-state index in [0.717, 1.165) is 11.3 Å². The lowest BCUT2D eigenvalue weighted by Crippen LogP contribution is -2.34. The van der Waals surface area contributed by atoms with Crippen LogP contribution in [0.3, 0.4) is 0 Å². The molecule has 0 saturated heterocycles. The van der Waals surface area contributed by atoms with Gasteiger partial charge in [-0.15, -0.1) is 0 Å². The molecule has 2 heterocycles. The molecule has 6 nitrogen and oxygen atoms in total. The van der Waals surface area contributed by atoms with Crippen molar-refractivity contribution in [1.29, 1.82) is 0 Å². The highest BCUT2D eigenvalue weighted by Gasteiger charge is 2.42. The summed E-state index contributed by atoms with van der Waals surface area (Å²) in [4.78, 5) is 21.4. The molecule has 0 amide bonds. The van der Waals surface area contributed by atoms with Gasteiger partial charge in [0, 0.05) is 29.2 Å². The molecule has 134 valence electrons. The van der Waals surface area contributed by atoms with Gasteiger partial charge in [-0.1, -0.05) is 26.0 Å². The van der Waals surface area contributed by atoms with E-state index in [-0.39, 0.29) is 28.8 Å². The largest absolute Gasteiger partial charge is 0.383 e. The van der Waals surface area contributed by atoms with Crippen LogP contribution >= 0.6 is 0 Å². The summed E-state index contributed by atoms with van der Waals surface area (Å²) in [6.07, 6.45) is 1.14. The first-order valence-corrected chi connectivity index (χ1v) is 8.47. The number of halogens is 1. The predicted molar refractivity (Wildman–Crippen MR) is 97.8 cm³/mol. The summed E-state index contributed by atoms with van der Waals surface area (Å²) in [5.41, 5.74) is 14.6. The zero-order valence-corrected chi connectivity index (χ0v) is 14.6. The number of rotatable bonds is 1. The van der Waals surface area contributed by atoms with Gasteiger partial charge in [0.15, 0.2) is 5.78 Å². The van der Waals surface area contributed by atoms with Crippen molar-refractivity contribution in [1.82, 2.24) is 9.97 Å². The van der Waals surface area contributed by atoms with Gasteiger partial charge in [0.2, 0.25) is 5.95 Å². The summed E-state index contributed by atoms with van der Waals surface area (Å²) in [6.45, 7) is 4.11. The summed E-state index contributed by atoms with van der Waals surface area (Å²) in [6, 6.07) is 6.09. The van der Waals surface area contributed by atoms with Crippen LogP contribution in [-0.2, 0) is 4.79 Å². The quantitative estimate of drug-likeness (QED) is 0.727. The van der Waals surface area contributed by atoms with E-state index in [1.807, 2.05) is 0 Å². The standard InChI is InChI=1S/C19H20FN5O/c1-19(2)7-11-14(12(26)8-19)13(9-3-5-10(20)6-4-9)15-16(21)24-18(22)25-17(15)23-11/h3-6,13H,7-8H2,1-2H3,(H5,21,22,23,24,25). The van der Waals surface area contributed by atoms with Crippen LogP contribution < -0.4 is 16.8 Å². The molecule has 1 aliphatic carbocycles. The smallest absolute Gasteiger partial charge is 0.223 e. The van der Waals surface area contributed by atoms with Crippen molar-refractivity contribution >= 4 is 23.4 Å². The number of nitrogens with zero attached hydrogens (tertiary/aromatic N) is 2. The van der Waals surface area contributed by atoms with E-state index < -0.39 is 5.92 Å². The zero-order valence-electron chi connectivity index (χ0n) is 14.6. The first-order valence-electron chi connectivity index (χ1n) is 8.47. The third-order valence-electron chi connectivity index (χ3n) is 4.96. The number of ketones is 1. The highest BCUT2D eigenvalue weighted by molar-refractivity contribution is 6.02. The predicted octanol–water partition coefficient (Wildman–Crippen LogP) is 2.98. The first-order chi connectivity index (χ1) is 12.2. The maximum atomic E-state index is 13.4. The minimum absolute atomic E-state index is 0.0555. The average molecular weight is 353 g/mol. The summed E-state index contributed by atoms with van der Waals surface area (Å²) >= 11 is 0. The second-order valence-corrected chi connectivity index (χ2v) is 7.67. The molecule has 1 unspecified atom stereocenters. The van der Waals surface area contributed by atoms with Crippen LogP contribution in [-0.4, -0.2) is 15.8 Å².